The van der Waals surface area contributed by atoms with Crippen LogP contribution in [0.5, 0.6) is 5.75 Å². The van der Waals surface area contributed by atoms with E-state index >= 15 is 0 Å². The highest BCUT2D eigenvalue weighted by molar-refractivity contribution is 7.89. The Kier molecular flexibility index (Phi) is 6.97. The fourth-order valence-corrected chi connectivity index (χ4v) is 2.86. The highest BCUT2D eigenvalue weighted by atomic mass is 35.5. The molecule has 0 saturated heterocycles. The van der Waals surface area contributed by atoms with Crippen LogP contribution in [0.25, 0.3) is 0 Å². The lowest BCUT2D eigenvalue weighted by Crippen LogP contribution is -2.48. The summed E-state index contributed by atoms with van der Waals surface area (Å²) in [5.74, 6) is 0.645. The van der Waals surface area contributed by atoms with Gasteiger partial charge in [0.05, 0.1) is 11.0 Å². The molecule has 0 heterocycles. The van der Waals surface area contributed by atoms with Crippen LogP contribution in [0.3, 0.4) is 0 Å². The topological polar surface area (TPSA) is 81.4 Å². The van der Waals surface area contributed by atoms with Crippen molar-refractivity contribution in [3.05, 3.63) is 24.3 Å². The largest absolute Gasteiger partial charge is 0.491 e. The lowest BCUT2D eigenvalue weighted by molar-refractivity contribution is 0.242. The maximum absolute atomic E-state index is 12.1. The zero-order valence-corrected chi connectivity index (χ0v) is 13.8. The Balaban J connectivity index is 0.00000361. The molecule has 116 valence electrons. The van der Waals surface area contributed by atoms with E-state index in [-0.39, 0.29) is 30.0 Å². The maximum atomic E-state index is 12.1. The van der Waals surface area contributed by atoms with Gasteiger partial charge in [-0.3, -0.25) is 0 Å². The first-order chi connectivity index (χ1) is 8.66. The molecule has 3 N–H and O–H groups in total. The number of hydrogen-bond acceptors (Lipinski definition) is 4. The molecule has 0 atom stereocenters. The summed E-state index contributed by atoms with van der Waals surface area (Å²) >= 11 is 0. The van der Waals surface area contributed by atoms with Crippen LogP contribution in [0.15, 0.2) is 29.2 Å². The highest BCUT2D eigenvalue weighted by Crippen LogP contribution is 2.18. The molecule has 7 heteroatoms. The van der Waals surface area contributed by atoms with Crippen LogP contribution >= 0.6 is 12.4 Å². The molecule has 0 aliphatic carbocycles. The van der Waals surface area contributed by atoms with Crippen LogP contribution in [0.1, 0.15) is 27.7 Å². The summed E-state index contributed by atoms with van der Waals surface area (Å²) in [5, 5.41) is 0. The molecule has 1 aromatic carbocycles. The van der Waals surface area contributed by atoms with Crippen LogP contribution in [-0.4, -0.2) is 26.6 Å². The van der Waals surface area contributed by atoms with Crippen LogP contribution < -0.4 is 15.2 Å². The lowest BCUT2D eigenvalue weighted by atomic mass is 10.1. The Morgan fingerprint density at radius 3 is 2.15 bits per heavy atom. The Morgan fingerprint density at radius 1 is 1.25 bits per heavy atom. The lowest BCUT2D eigenvalue weighted by Gasteiger charge is -2.23. The van der Waals surface area contributed by atoms with E-state index in [1.54, 1.807) is 26.0 Å². The smallest absolute Gasteiger partial charge is 0.241 e. The molecule has 0 aromatic heterocycles. The molecule has 0 radical (unpaired) electrons. The average molecular weight is 323 g/mol. The predicted molar refractivity (Wildman–Crippen MR) is 82.9 cm³/mol. The summed E-state index contributed by atoms with van der Waals surface area (Å²) in [6, 6.07) is 6.33. The molecule has 0 fully saturated rings. The molecule has 1 rings (SSSR count). The van der Waals surface area contributed by atoms with Crippen molar-refractivity contribution in [2.24, 2.45) is 5.73 Å². The summed E-state index contributed by atoms with van der Waals surface area (Å²) in [7, 11) is -3.56. The normalized spacial score (nSPS) is 12.1. The van der Waals surface area contributed by atoms with Gasteiger partial charge in [-0.15, -0.1) is 12.4 Å². The fraction of sp³-hybridized carbons (Fsp3) is 0.538. The molecule has 0 aliphatic rings. The number of sulfonamides is 1. The van der Waals surface area contributed by atoms with E-state index in [4.69, 9.17) is 10.5 Å². The number of nitrogens with two attached hydrogens (primary N) is 1. The maximum Gasteiger partial charge on any atom is 0.241 e. The van der Waals surface area contributed by atoms with Crippen molar-refractivity contribution in [3.63, 3.8) is 0 Å². The van der Waals surface area contributed by atoms with Crippen molar-refractivity contribution in [2.75, 3.05) is 6.54 Å². The number of ether oxygens (including phenoxy) is 1. The van der Waals surface area contributed by atoms with Crippen molar-refractivity contribution in [3.8, 4) is 5.75 Å². The van der Waals surface area contributed by atoms with Gasteiger partial charge in [0.15, 0.2) is 0 Å². The molecule has 1 aromatic rings. The van der Waals surface area contributed by atoms with Gasteiger partial charge in [0, 0.05) is 12.1 Å². The average Bonchev–Trinajstić information content (AvgIpc) is 2.27. The summed E-state index contributed by atoms with van der Waals surface area (Å²) in [4.78, 5) is 0.199. The molecule has 0 saturated carbocycles. The Labute approximate surface area is 127 Å². The van der Waals surface area contributed by atoms with Crippen LogP contribution in [0.2, 0.25) is 0 Å². The monoisotopic (exact) mass is 322 g/mol. The molecule has 0 spiro atoms. The second kappa shape index (κ2) is 7.26. The van der Waals surface area contributed by atoms with Crippen LogP contribution in [0.4, 0.5) is 0 Å². The first-order valence-electron chi connectivity index (χ1n) is 6.17. The SMILES string of the molecule is CC(C)Oc1ccc(S(=O)(=O)NC(C)(C)CN)cc1.Cl. The number of halogens is 1. The van der Waals surface area contributed by atoms with Gasteiger partial charge in [0.2, 0.25) is 10.0 Å². The molecule has 0 amide bonds. The van der Waals surface area contributed by atoms with Crippen LogP contribution in [0, 0.1) is 0 Å². The van der Waals surface area contributed by atoms with Crippen molar-refractivity contribution in [1.82, 2.24) is 4.72 Å². The quantitative estimate of drug-likeness (QED) is 0.838. The van der Waals surface area contributed by atoms with E-state index in [0.29, 0.717) is 5.75 Å². The van der Waals surface area contributed by atoms with Crippen molar-refractivity contribution in [1.29, 1.82) is 0 Å². The standard InChI is InChI=1S/C13H22N2O3S.ClH/c1-10(2)18-11-5-7-12(8-6-11)19(16,17)15-13(3,4)9-14;/h5-8,10,15H,9,14H2,1-4H3;1H. The zero-order valence-electron chi connectivity index (χ0n) is 12.2. The summed E-state index contributed by atoms with van der Waals surface area (Å²) in [6.07, 6.45) is 0.0526. The van der Waals surface area contributed by atoms with Gasteiger partial charge in [-0.05, 0) is 52.0 Å². The summed E-state index contributed by atoms with van der Waals surface area (Å²) < 4.78 is 32.3. The number of hydrogen-bond donors (Lipinski definition) is 2. The minimum absolute atomic E-state index is 0. The first kappa shape index (κ1) is 19.2. The molecule has 0 bridgehead atoms. The van der Waals surface area contributed by atoms with Gasteiger partial charge in [-0.25, -0.2) is 13.1 Å². The third-order valence-corrected chi connectivity index (χ3v) is 4.14. The number of benzene rings is 1. The van der Waals surface area contributed by atoms with E-state index in [1.165, 1.54) is 12.1 Å². The minimum Gasteiger partial charge on any atom is -0.491 e. The molecule has 20 heavy (non-hydrogen) atoms. The Hall–Kier alpha value is -0.820. The number of nitrogens with one attached hydrogen (secondary N) is 1. The van der Waals surface area contributed by atoms with Gasteiger partial charge in [0.1, 0.15) is 5.75 Å². The fourth-order valence-electron chi connectivity index (χ4n) is 1.43. The van der Waals surface area contributed by atoms with E-state index in [1.807, 2.05) is 13.8 Å². The minimum atomic E-state index is -3.56. The van der Waals surface area contributed by atoms with Gasteiger partial charge < -0.3 is 10.5 Å². The predicted octanol–water partition coefficient (Wildman–Crippen LogP) is 1.91. The van der Waals surface area contributed by atoms with Gasteiger partial charge in [-0.2, -0.15) is 0 Å². The van der Waals surface area contributed by atoms with Crippen molar-refractivity contribution < 1.29 is 13.2 Å². The molecule has 0 aliphatic heterocycles. The van der Waals surface area contributed by atoms with Gasteiger partial charge in [0.25, 0.3) is 0 Å². The van der Waals surface area contributed by atoms with Crippen molar-refractivity contribution >= 4 is 22.4 Å². The second-order valence-electron chi connectivity index (χ2n) is 5.33. The third kappa shape index (κ3) is 5.66. The van der Waals surface area contributed by atoms with E-state index in [0.717, 1.165) is 0 Å². The Morgan fingerprint density at radius 2 is 1.75 bits per heavy atom. The van der Waals surface area contributed by atoms with E-state index in [2.05, 4.69) is 4.72 Å². The van der Waals surface area contributed by atoms with Gasteiger partial charge in [-0.1, -0.05) is 0 Å². The zero-order chi connectivity index (χ0) is 14.7. The second-order valence-corrected chi connectivity index (χ2v) is 7.01. The summed E-state index contributed by atoms with van der Waals surface area (Å²) in [5.41, 5.74) is 4.85. The third-order valence-electron chi connectivity index (χ3n) is 2.43. The number of rotatable bonds is 6. The van der Waals surface area contributed by atoms with Gasteiger partial charge >= 0.3 is 0 Å². The molecular weight excluding hydrogens is 300 g/mol. The molecule has 0 unspecified atom stereocenters. The van der Waals surface area contributed by atoms with Crippen LogP contribution in [-0.2, 0) is 10.0 Å². The first-order valence-corrected chi connectivity index (χ1v) is 7.65. The molecular formula is C13H23ClN2O3S. The van der Waals surface area contributed by atoms with E-state index < -0.39 is 15.6 Å². The Bertz CT molecular complexity index is 513. The molecule has 5 nitrogen and oxygen atoms in total. The highest BCUT2D eigenvalue weighted by Gasteiger charge is 2.24. The summed E-state index contributed by atoms with van der Waals surface area (Å²) in [6.45, 7) is 7.52. The van der Waals surface area contributed by atoms with E-state index in [9.17, 15) is 8.42 Å². The van der Waals surface area contributed by atoms with Crippen molar-refractivity contribution in [2.45, 2.75) is 44.2 Å².